The quantitative estimate of drug-likeness (QED) is 0.209. The molecular weight excluding hydrogens is 500 g/mol. The monoisotopic (exact) mass is 525 g/mol. The molecule has 2 saturated heterocycles. The first kappa shape index (κ1) is 24.5. The number of halogens is 2. The summed E-state index contributed by atoms with van der Waals surface area (Å²) < 4.78 is 44.2. The van der Waals surface area contributed by atoms with Crippen LogP contribution in [0.1, 0.15) is 17.3 Å². The Morgan fingerprint density at radius 1 is 1.26 bits per heavy atom. The van der Waals surface area contributed by atoms with Gasteiger partial charge in [-0.1, -0.05) is 0 Å². The fourth-order valence-corrected chi connectivity index (χ4v) is 5.38. The van der Waals surface area contributed by atoms with Gasteiger partial charge in [-0.15, -0.1) is 21.5 Å². The predicted octanol–water partition coefficient (Wildman–Crippen LogP) is 3.54. The van der Waals surface area contributed by atoms with Crippen molar-refractivity contribution >= 4 is 29.3 Å². The number of hydrogen-bond acceptors (Lipinski definition) is 12. The Kier molecular flexibility index (Phi) is 7.84. The van der Waals surface area contributed by atoms with E-state index >= 15 is 0 Å². The Morgan fingerprint density at radius 2 is 2.09 bits per heavy atom. The highest BCUT2D eigenvalue weighted by atomic mass is 32.2. The molecule has 0 aliphatic carbocycles. The van der Waals surface area contributed by atoms with E-state index in [1.54, 1.807) is 17.5 Å². The number of thiazole rings is 1. The number of nitrogens with zero attached hydrogens (tertiary/aromatic N) is 7. The van der Waals surface area contributed by atoms with Gasteiger partial charge in [0.1, 0.15) is 22.1 Å². The Balaban J connectivity index is 1.17. The number of ether oxygens (including phenoxy) is 1. The summed E-state index contributed by atoms with van der Waals surface area (Å²) in [5.74, 6) is 0.648. The fourth-order valence-electron chi connectivity index (χ4n) is 4.07. The van der Waals surface area contributed by atoms with Crippen molar-refractivity contribution in [3.63, 3.8) is 0 Å². The molecule has 3 aromatic heterocycles. The first-order valence-electron chi connectivity index (χ1n) is 11.2. The Labute approximate surface area is 209 Å². The van der Waals surface area contributed by atoms with Crippen LogP contribution in [-0.4, -0.2) is 75.8 Å². The van der Waals surface area contributed by atoms with E-state index in [2.05, 4.69) is 25.1 Å². The molecule has 188 valence electrons. The van der Waals surface area contributed by atoms with E-state index in [-0.39, 0.29) is 5.89 Å². The molecular formula is C21H25F2N7O3S2. The van der Waals surface area contributed by atoms with E-state index in [9.17, 15) is 8.78 Å². The number of hydrogen-bond donors (Lipinski definition) is 0. The van der Waals surface area contributed by atoms with Gasteiger partial charge in [-0.3, -0.25) is 4.98 Å². The van der Waals surface area contributed by atoms with Crippen LogP contribution in [0.5, 0.6) is 0 Å². The smallest absolute Gasteiger partial charge is 0.314 e. The summed E-state index contributed by atoms with van der Waals surface area (Å²) in [5, 5.41) is 9.43. The van der Waals surface area contributed by atoms with Crippen molar-refractivity contribution in [2.24, 2.45) is 11.8 Å². The molecule has 2 aliphatic rings. The van der Waals surface area contributed by atoms with Crippen molar-refractivity contribution in [2.75, 3.05) is 51.5 Å². The van der Waals surface area contributed by atoms with Crippen molar-refractivity contribution in [3.8, 4) is 10.8 Å². The summed E-state index contributed by atoms with van der Waals surface area (Å²) in [6.07, 6.45) is 2.11. The van der Waals surface area contributed by atoms with E-state index in [1.807, 2.05) is 23.5 Å². The summed E-state index contributed by atoms with van der Waals surface area (Å²) >= 11 is 2.52. The van der Waals surface area contributed by atoms with Gasteiger partial charge in [-0.05, 0) is 19.2 Å². The van der Waals surface area contributed by atoms with Gasteiger partial charge in [-0.25, -0.2) is 14.4 Å². The average molecular weight is 526 g/mol. The molecule has 0 spiro atoms. The standard InChI is InChI=1S/C21H25F2N7O3S2/c1-28(5-6-29-9-14-12-31-13-15(14)10-29)35-33-30(16-3-2-4-24-7-16)11-18-25-8-17(34-18)20-26-27-21(32-20)19(22)23/h2-4,7-8,14-15,19H,5-6,9-13H2,1H3. The molecule has 0 radical (unpaired) electrons. The zero-order valence-electron chi connectivity index (χ0n) is 19.0. The van der Waals surface area contributed by atoms with Crippen LogP contribution in [-0.2, 0) is 15.6 Å². The van der Waals surface area contributed by atoms with E-state index in [1.165, 1.54) is 29.8 Å². The third kappa shape index (κ3) is 6.13. The molecule has 2 fully saturated rings. The van der Waals surface area contributed by atoms with Crippen LogP contribution >= 0.6 is 23.6 Å². The lowest BCUT2D eigenvalue weighted by Gasteiger charge is -2.25. The highest BCUT2D eigenvalue weighted by Crippen LogP contribution is 2.31. The Hall–Kier alpha value is -2.23. The van der Waals surface area contributed by atoms with Crippen LogP contribution in [0.25, 0.3) is 10.8 Å². The van der Waals surface area contributed by atoms with Crippen molar-refractivity contribution < 1.29 is 22.2 Å². The topological polar surface area (TPSA) is 92.9 Å². The maximum absolute atomic E-state index is 12.8. The van der Waals surface area contributed by atoms with Gasteiger partial charge in [0.15, 0.2) is 0 Å². The van der Waals surface area contributed by atoms with Crippen LogP contribution in [0.2, 0.25) is 0 Å². The number of aromatic nitrogens is 4. The number of rotatable bonds is 11. The minimum Gasteiger partial charge on any atom is -0.414 e. The largest absolute Gasteiger partial charge is 0.414 e. The Morgan fingerprint density at radius 3 is 2.80 bits per heavy atom. The highest BCUT2D eigenvalue weighted by molar-refractivity contribution is 7.92. The first-order valence-corrected chi connectivity index (χ1v) is 12.7. The van der Waals surface area contributed by atoms with Gasteiger partial charge >= 0.3 is 6.43 Å². The number of likely N-dealkylation sites (tertiary alicyclic amines) is 1. The zero-order chi connectivity index (χ0) is 24.2. The molecule has 0 aromatic carbocycles. The summed E-state index contributed by atoms with van der Waals surface area (Å²) in [6, 6.07) is 3.71. The second-order valence-electron chi connectivity index (χ2n) is 8.43. The zero-order valence-corrected chi connectivity index (χ0v) is 20.6. The molecule has 2 aliphatic heterocycles. The number of hydroxylamine groups is 1. The predicted molar refractivity (Wildman–Crippen MR) is 126 cm³/mol. The average Bonchev–Trinajstić information content (AvgIpc) is 3.64. The van der Waals surface area contributed by atoms with Crippen LogP contribution in [0, 0.1) is 11.8 Å². The first-order chi connectivity index (χ1) is 17.0. The van der Waals surface area contributed by atoms with Gasteiger partial charge in [0.25, 0.3) is 11.8 Å². The van der Waals surface area contributed by atoms with Crippen LogP contribution in [0.15, 0.2) is 35.1 Å². The Bertz CT molecular complexity index is 1080. The van der Waals surface area contributed by atoms with E-state index < -0.39 is 12.3 Å². The number of likely N-dealkylation sites (N-methyl/N-ethyl adjacent to an activating group) is 1. The molecule has 3 aromatic rings. The number of pyridine rings is 1. The molecule has 2 unspecified atom stereocenters. The van der Waals surface area contributed by atoms with Crippen LogP contribution in [0.3, 0.4) is 0 Å². The fraction of sp³-hybridized carbons (Fsp3) is 0.524. The van der Waals surface area contributed by atoms with Crippen LogP contribution in [0.4, 0.5) is 14.5 Å². The molecule has 2 atom stereocenters. The normalized spacial score (nSPS) is 20.3. The van der Waals surface area contributed by atoms with E-state index in [4.69, 9.17) is 13.4 Å². The van der Waals surface area contributed by atoms with Gasteiger partial charge in [0.2, 0.25) is 0 Å². The molecule has 35 heavy (non-hydrogen) atoms. The van der Waals surface area contributed by atoms with Crippen molar-refractivity contribution in [1.29, 1.82) is 0 Å². The third-order valence-corrected chi connectivity index (χ3v) is 7.56. The lowest BCUT2D eigenvalue weighted by molar-refractivity contribution is 0.116. The minimum absolute atomic E-state index is 0.0182. The van der Waals surface area contributed by atoms with Gasteiger partial charge in [0.05, 0.1) is 37.8 Å². The second-order valence-corrected chi connectivity index (χ2v) is 10.5. The van der Waals surface area contributed by atoms with Crippen molar-refractivity contribution in [2.45, 2.75) is 13.0 Å². The summed E-state index contributed by atoms with van der Waals surface area (Å²) in [5.41, 5.74) is 0.760. The lowest BCUT2D eigenvalue weighted by Crippen LogP contribution is -2.31. The molecule has 0 amide bonds. The van der Waals surface area contributed by atoms with Crippen LogP contribution < -0.4 is 5.06 Å². The van der Waals surface area contributed by atoms with Gasteiger partial charge in [-0.2, -0.15) is 13.1 Å². The molecule has 14 heteroatoms. The van der Waals surface area contributed by atoms with Crippen molar-refractivity contribution in [3.05, 3.63) is 41.6 Å². The minimum atomic E-state index is -2.81. The lowest BCUT2D eigenvalue weighted by atomic mass is 10.0. The molecule has 0 saturated carbocycles. The third-order valence-electron chi connectivity index (χ3n) is 5.90. The number of alkyl halides is 2. The summed E-state index contributed by atoms with van der Waals surface area (Å²) in [7, 11) is 1.99. The van der Waals surface area contributed by atoms with Gasteiger partial charge < -0.3 is 14.1 Å². The maximum atomic E-state index is 12.8. The summed E-state index contributed by atoms with van der Waals surface area (Å²) in [6.45, 7) is 6.08. The number of anilines is 1. The van der Waals surface area contributed by atoms with Crippen molar-refractivity contribution in [1.82, 2.24) is 29.4 Å². The summed E-state index contributed by atoms with van der Waals surface area (Å²) in [4.78, 5) is 11.6. The molecule has 0 N–H and O–H groups in total. The highest BCUT2D eigenvalue weighted by Gasteiger charge is 2.36. The molecule has 5 heterocycles. The van der Waals surface area contributed by atoms with E-state index in [0.717, 1.165) is 45.1 Å². The second kappa shape index (κ2) is 11.2. The SMILES string of the molecule is CN(CCN1CC2COCC2C1)SON(Cc1ncc(-c2nnc(C(F)F)o2)s1)c1cccnc1. The van der Waals surface area contributed by atoms with E-state index in [0.29, 0.717) is 28.3 Å². The maximum Gasteiger partial charge on any atom is 0.314 e. The number of fused-ring (bicyclic) bond motifs is 1. The van der Waals surface area contributed by atoms with Gasteiger partial charge in [0, 0.05) is 44.2 Å². The molecule has 10 nitrogen and oxygen atoms in total. The molecule has 0 bridgehead atoms. The molecule has 5 rings (SSSR count).